The van der Waals surface area contributed by atoms with Crippen LogP contribution < -0.4 is 10.2 Å². The Morgan fingerprint density at radius 1 is 1.14 bits per heavy atom. The molecule has 150 valence electrons. The summed E-state index contributed by atoms with van der Waals surface area (Å²) in [6.45, 7) is 8.52. The number of carbonyl (C=O) groups is 1. The fourth-order valence-corrected chi connectivity index (χ4v) is 3.31. The quantitative estimate of drug-likeness (QED) is 0.448. The highest BCUT2D eigenvalue weighted by molar-refractivity contribution is 6.31. The smallest absolute Gasteiger partial charge is 0.271 e. The van der Waals surface area contributed by atoms with Gasteiger partial charge in [-0.1, -0.05) is 17.7 Å². The molecule has 0 bridgehead atoms. The Hall–Kier alpha value is -3.05. The third-order valence-electron chi connectivity index (χ3n) is 4.68. The first-order valence-electron chi connectivity index (χ1n) is 9.42. The number of aryl methyl sites for hydroxylation is 2. The minimum atomic E-state index is -0.275. The predicted molar refractivity (Wildman–Crippen MR) is 118 cm³/mol. The fourth-order valence-electron chi connectivity index (χ4n) is 3.13. The largest absolute Gasteiger partial charge is 0.494 e. The number of aromatic nitrogens is 1. The third kappa shape index (κ3) is 4.69. The van der Waals surface area contributed by atoms with Crippen LogP contribution in [0, 0.1) is 20.8 Å². The van der Waals surface area contributed by atoms with Crippen LogP contribution in [-0.2, 0) is 0 Å². The van der Waals surface area contributed by atoms with Gasteiger partial charge in [-0.2, -0.15) is 5.10 Å². The number of hydrogen-bond donors (Lipinski definition) is 1. The van der Waals surface area contributed by atoms with Gasteiger partial charge in [0.1, 0.15) is 5.75 Å². The van der Waals surface area contributed by atoms with Gasteiger partial charge in [-0.05, 0) is 75.7 Å². The molecule has 29 heavy (non-hydrogen) atoms. The minimum absolute atomic E-state index is 0.275. The number of hydrazone groups is 1. The molecule has 0 saturated heterocycles. The van der Waals surface area contributed by atoms with Crippen LogP contribution in [0.5, 0.6) is 5.75 Å². The van der Waals surface area contributed by atoms with Crippen LogP contribution in [0.15, 0.2) is 53.6 Å². The van der Waals surface area contributed by atoms with Crippen molar-refractivity contribution in [1.82, 2.24) is 9.99 Å². The molecule has 1 amide bonds. The maximum Gasteiger partial charge on any atom is 0.271 e. The average molecular weight is 410 g/mol. The Bertz CT molecular complexity index is 1050. The summed E-state index contributed by atoms with van der Waals surface area (Å²) in [7, 11) is 0. The second-order valence-corrected chi connectivity index (χ2v) is 7.16. The van der Waals surface area contributed by atoms with Gasteiger partial charge in [0.2, 0.25) is 0 Å². The molecule has 0 unspecified atom stereocenters. The Morgan fingerprint density at radius 2 is 1.86 bits per heavy atom. The van der Waals surface area contributed by atoms with Gasteiger partial charge in [0, 0.05) is 33.2 Å². The number of hydrogen-bond acceptors (Lipinski definition) is 3. The first kappa shape index (κ1) is 20.7. The summed E-state index contributed by atoms with van der Waals surface area (Å²) < 4.78 is 7.50. The number of nitrogens with one attached hydrogen (secondary N) is 1. The zero-order valence-corrected chi connectivity index (χ0v) is 17.7. The fraction of sp³-hybridized carbons (Fsp3) is 0.217. The van der Waals surface area contributed by atoms with Crippen molar-refractivity contribution in [1.29, 1.82) is 0 Å². The highest BCUT2D eigenvalue weighted by atomic mass is 35.5. The first-order chi connectivity index (χ1) is 13.9. The van der Waals surface area contributed by atoms with E-state index in [4.69, 9.17) is 16.3 Å². The summed E-state index contributed by atoms with van der Waals surface area (Å²) in [5.41, 5.74) is 8.12. The zero-order chi connectivity index (χ0) is 21.0. The molecule has 0 aliphatic rings. The molecule has 1 heterocycles. The predicted octanol–water partition coefficient (Wildman–Crippen LogP) is 5.22. The molecule has 0 aliphatic heterocycles. The Balaban J connectivity index is 1.74. The molecule has 1 N–H and O–H groups in total. The number of nitrogens with zero attached hydrogens (tertiary/aromatic N) is 2. The molecule has 3 aromatic rings. The van der Waals surface area contributed by atoms with E-state index in [1.54, 1.807) is 30.5 Å². The summed E-state index contributed by atoms with van der Waals surface area (Å²) in [4.78, 5) is 12.3. The van der Waals surface area contributed by atoms with E-state index in [0.717, 1.165) is 39.0 Å². The van der Waals surface area contributed by atoms with E-state index >= 15 is 0 Å². The maximum absolute atomic E-state index is 12.3. The molecule has 0 radical (unpaired) electrons. The van der Waals surface area contributed by atoms with E-state index in [2.05, 4.69) is 15.1 Å². The van der Waals surface area contributed by atoms with Crippen molar-refractivity contribution < 1.29 is 9.53 Å². The van der Waals surface area contributed by atoms with Gasteiger partial charge in [0.05, 0.1) is 12.8 Å². The van der Waals surface area contributed by atoms with Gasteiger partial charge >= 0.3 is 0 Å². The summed E-state index contributed by atoms with van der Waals surface area (Å²) in [5, 5.41) is 4.85. The highest BCUT2D eigenvalue weighted by Gasteiger charge is 2.11. The third-order valence-corrected chi connectivity index (χ3v) is 5.09. The standard InChI is InChI=1S/C23H24ClN3O2/c1-5-29-21-10-7-18(8-11-21)23(28)26-25-14-19-12-16(3)27(17(19)4)20-9-6-15(2)22(24)13-20/h6-14H,5H2,1-4H3,(H,26,28)/b25-14+. The number of amides is 1. The zero-order valence-electron chi connectivity index (χ0n) is 17.0. The number of rotatable bonds is 6. The van der Waals surface area contributed by atoms with Crippen LogP contribution in [0.4, 0.5) is 0 Å². The van der Waals surface area contributed by atoms with Gasteiger partial charge in [0.25, 0.3) is 5.91 Å². The van der Waals surface area contributed by atoms with Crippen molar-refractivity contribution in [3.63, 3.8) is 0 Å². The lowest BCUT2D eigenvalue weighted by molar-refractivity contribution is 0.0955. The molecular formula is C23H24ClN3O2. The molecule has 0 aliphatic carbocycles. The normalized spacial score (nSPS) is 11.1. The van der Waals surface area contributed by atoms with Gasteiger partial charge in [-0.25, -0.2) is 5.43 Å². The summed E-state index contributed by atoms with van der Waals surface area (Å²) >= 11 is 6.28. The number of carbonyl (C=O) groups excluding carboxylic acids is 1. The molecule has 3 rings (SSSR count). The van der Waals surface area contributed by atoms with Crippen molar-refractivity contribution in [3.8, 4) is 11.4 Å². The van der Waals surface area contributed by atoms with Crippen molar-refractivity contribution in [2.45, 2.75) is 27.7 Å². The highest BCUT2D eigenvalue weighted by Crippen LogP contribution is 2.24. The van der Waals surface area contributed by atoms with Gasteiger partial charge in [-0.15, -0.1) is 0 Å². The molecule has 0 atom stereocenters. The maximum atomic E-state index is 12.3. The SMILES string of the molecule is CCOc1ccc(C(=O)N/N=C/c2cc(C)n(-c3ccc(C)c(Cl)c3)c2C)cc1. The van der Waals surface area contributed by atoms with Crippen molar-refractivity contribution in [2.75, 3.05) is 6.61 Å². The summed E-state index contributed by atoms with van der Waals surface area (Å²) in [6.07, 6.45) is 1.65. The molecule has 0 spiro atoms. The van der Waals surface area contributed by atoms with E-state index in [0.29, 0.717) is 12.2 Å². The van der Waals surface area contributed by atoms with E-state index in [-0.39, 0.29) is 5.91 Å². The lowest BCUT2D eigenvalue weighted by Crippen LogP contribution is -2.17. The second kappa shape index (κ2) is 8.97. The number of halogens is 1. The van der Waals surface area contributed by atoms with Crippen LogP contribution in [0.25, 0.3) is 5.69 Å². The lowest BCUT2D eigenvalue weighted by Gasteiger charge is -2.11. The van der Waals surface area contributed by atoms with Crippen molar-refractivity contribution >= 4 is 23.7 Å². The van der Waals surface area contributed by atoms with Crippen LogP contribution in [0.1, 0.15) is 39.8 Å². The molecule has 1 aromatic heterocycles. The second-order valence-electron chi connectivity index (χ2n) is 6.75. The Morgan fingerprint density at radius 3 is 2.52 bits per heavy atom. The van der Waals surface area contributed by atoms with E-state index in [1.165, 1.54) is 0 Å². The summed E-state index contributed by atoms with van der Waals surface area (Å²) in [5.74, 6) is 0.458. The molecule has 6 heteroatoms. The lowest BCUT2D eigenvalue weighted by atomic mass is 10.2. The number of ether oxygens (including phenoxy) is 1. The topological polar surface area (TPSA) is 55.6 Å². The average Bonchev–Trinajstić information content (AvgIpc) is 2.98. The summed E-state index contributed by atoms with van der Waals surface area (Å²) in [6, 6.07) is 15.0. The minimum Gasteiger partial charge on any atom is -0.494 e. The molecule has 0 fully saturated rings. The van der Waals surface area contributed by atoms with Crippen LogP contribution in [-0.4, -0.2) is 23.3 Å². The van der Waals surface area contributed by atoms with Crippen molar-refractivity contribution in [3.05, 3.63) is 81.6 Å². The molecule has 0 saturated carbocycles. The monoisotopic (exact) mass is 409 g/mol. The number of benzene rings is 2. The Labute approximate surface area is 176 Å². The Kier molecular flexibility index (Phi) is 6.39. The van der Waals surface area contributed by atoms with Gasteiger partial charge < -0.3 is 9.30 Å². The molecule has 2 aromatic carbocycles. The van der Waals surface area contributed by atoms with Gasteiger partial charge in [0.15, 0.2) is 0 Å². The van der Waals surface area contributed by atoms with E-state index in [9.17, 15) is 4.79 Å². The molecular weight excluding hydrogens is 386 g/mol. The van der Waals surface area contributed by atoms with Crippen LogP contribution in [0.2, 0.25) is 5.02 Å². The van der Waals surface area contributed by atoms with Crippen LogP contribution in [0.3, 0.4) is 0 Å². The van der Waals surface area contributed by atoms with E-state index < -0.39 is 0 Å². The first-order valence-corrected chi connectivity index (χ1v) is 9.80. The van der Waals surface area contributed by atoms with Crippen LogP contribution >= 0.6 is 11.6 Å². The van der Waals surface area contributed by atoms with Crippen molar-refractivity contribution in [2.24, 2.45) is 5.10 Å². The van der Waals surface area contributed by atoms with E-state index in [1.807, 2.05) is 52.0 Å². The molecule has 5 nitrogen and oxygen atoms in total. The van der Waals surface area contributed by atoms with Gasteiger partial charge in [-0.3, -0.25) is 4.79 Å².